The van der Waals surface area contributed by atoms with Gasteiger partial charge in [-0.25, -0.2) is 19.2 Å². The zero-order valence-corrected chi connectivity index (χ0v) is 56.6. The Balaban J connectivity index is 0.000000197. The first-order valence-electron chi connectivity index (χ1n) is 30.5. The number of carbonyl (C=O) groups excluding carboxylic acids is 6. The van der Waals surface area contributed by atoms with Gasteiger partial charge in [0, 0.05) is 96.9 Å². The highest BCUT2D eigenvalue weighted by Crippen LogP contribution is 2.63. The molecule has 6 aliphatic carbocycles. The molecule has 3 N–H and O–H groups in total. The summed E-state index contributed by atoms with van der Waals surface area (Å²) in [5.74, 6) is -5.24. The second kappa shape index (κ2) is 30.3. The van der Waals surface area contributed by atoms with Crippen molar-refractivity contribution in [2.24, 2.45) is 59.2 Å². The fourth-order valence-electron chi connectivity index (χ4n) is 15.2. The Kier molecular flexibility index (Phi) is 23.9. The topological polar surface area (TPSA) is 259 Å². The van der Waals surface area contributed by atoms with Gasteiger partial charge < -0.3 is 58.0 Å². The van der Waals surface area contributed by atoms with Crippen molar-refractivity contribution in [1.29, 1.82) is 0 Å². The average molecular weight is 1430 g/mol. The van der Waals surface area contributed by atoms with Gasteiger partial charge in [0.2, 0.25) is 4.69 Å². The third-order valence-electron chi connectivity index (χ3n) is 19.4. The van der Waals surface area contributed by atoms with Crippen LogP contribution in [0, 0.1) is 59.2 Å². The van der Waals surface area contributed by atoms with Gasteiger partial charge in [0.1, 0.15) is 59.3 Å². The van der Waals surface area contributed by atoms with Crippen molar-refractivity contribution in [3.05, 3.63) is 126 Å². The van der Waals surface area contributed by atoms with Crippen LogP contribution in [0.4, 0.5) is 0 Å². The smallest absolute Gasteiger partial charge is 0.335 e. The van der Waals surface area contributed by atoms with Crippen molar-refractivity contribution in [2.45, 2.75) is 166 Å². The molecule has 8 bridgehead atoms. The Morgan fingerprint density at radius 1 is 0.674 bits per heavy atom. The van der Waals surface area contributed by atoms with Gasteiger partial charge in [-0.3, -0.25) is 14.6 Å². The molecule has 5 heterocycles. The largest absolute Gasteiger partial charge is 0.458 e. The van der Waals surface area contributed by atoms with E-state index in [0.29, 0.717) is 29.3 Å². The number of alkyl halides is 2. The molecule has 24 atom stereocenters. The Labute approximate surface area is 546 Å². The quantitative estimate of drug-likeness (QED) is 0.0616. The van der Waals surface area contributed by atoms with Gasteiger partial charge >= 0.3 is 29.8 Å². The number of aromatic nitrogens is 1. The van der Waals surface area contributed by atoms with Crippen molar-refractivity contribution in [3.63, 3.8) is 0 Å². The summed E-state index contributed by atoms with van der Waals surface area (Å²) in [5, 5.41) is 34.4. The van der Waals surface area contributed by atoms with Gasteiger partial charge in [-0.2, -0.15) is 0 Å². The van der Waals surface area contributed by atoms with Crippen LogP contribution in [-0.2, 0) is 71.4 Å². The van der Waals surface area contributed by atoms with E-state index >= 15 is 0 Å². The number of esters is 5. The standard InChI is InChI=1S/C31H39BrO9.C29H38O8.C5H5N.C2H2Br2O/c1-15-12-16(2)31-20(13-22(37-5)30(36)39-26(15)18(4)38-23(33)14-32)10-11-21-24(31)25(34)17(3)27(28(21)41-31)40-29(35)19-8-6-7-9-19;1-14-12-15(2)29-19(13-21(34-5)28(33)35-24(14)17(4)30)10-11-20-22(29)23(31)16(3)25(26(20)37-29)36-27(32)18-8-6-7-9-18;1-2-4-6-5-3-1;3-1-2(4)5/h6-8,10-12,15,17-18,20-22,24-28,34H,9,13-14H2,1-5H3;6-8,10-12,14,16-17,19-26,30-31H,9,13H2,1-5H3;1-5H;1H2/b16-12+;15-12+;;/t15-,17-,18-,20-,21-,22+,24+,25-,26+,27-,28-,31+;14-,16-,17-,19?,20-,21+,22+,23-,24+,25-,26-,29+;;/m11../s1. The minimum atomic E-state index is -0.962. The Morgan fingerprint density at radius 3 is 1.45 bits per heavy atom. The van der Waals surface area contributed by atoms with Gasteiger partial charge in [-0.15, -0.1) is 0 Å². The number of halogens is 3. The predicted octanol–water partition coefficient (Wildman–Crippen LogP) is 8.62. The van der Waals surface area contributed by atoms with E-state index in [1.807, 2.05) is 108 Å². The first-order chi connectivity index (χ1) is 42.4. The monoisotopic (exact) mass is 1430 g/mol. The van der Waals surface area contributed by atoms with E-state index in [-0.39, 0.29) is 88.0 Å². The molecular weight excluding hydrogens is 1350 g/mol. The lowest BCUT2D eigenvalue weighted by atomic mass is 9.57. The summed E-state index contributed by atoms with van der Waals surface area (Å²) in [4.78, 5) is 77.9. The number of aliphatic hydroxyl groups is 3. The normalized spacial score (nSPS) is 40.4. The van der Waals surface area contributed by atoms with Crippen LogP contribution in [0.3, 0.4) is 0 Å². The third-order valence-corrected chi connectivity index (χ3v) is 21.4. The van der Waals surface area contributed by atoms with Crippen LogP contribution in [0.2, 0.25) is 0 Å². The van der Waals surface area contributed by atoms with Crippen molar-refractivity contribution in [2.75, 3.05) is 24.9 Å². The SMILES string of the molecule is CO[C@H]1CC2C=C[C@H]3[C@H]4O[C@]2(/C(C)=C/[C@@H](C)[C@@H]([C@@H](C)O)OC1=O)[C@@H]3[C@H](O)[C@@H](C)[C@H]4OC(=O)C1=CC=CC1.CO[C@H]1C[C@H]2C=C[C@H]3[C@H]4O[C@]2(/C(C)=C/[C@@H](C)[C@@H]([C@@H](C)OC(=O)CBr)OC1=O)[C@@H]3[C@H](O)[C@@H](C)[C@H]4OC(=O)C1=CC=CC1.O=C(Br)CBr.c1ccncc1. The summed E-state index contributed by atoms with van der Waals surface area (Å²) in [6.45, 7) is 14.9. The highest BCUT2D eigenvalue weighted by atomic mass is 79.9. The molecule has 0 aromatic carbocycles. The number of hydrogen-bond donors (Lipinski definition) is 3. The van der Waals surface area contributed by atoms with Crippen molar-refractivity contribution >= 4 is 82.3 Å². The van der Waals surface area contributed by atoms with E-state index in [9.17, 15) is 44.1 Å². The molecule has 10 aliphatic rings. The summed E-state index contributed by atoms with van der Waals surface area (Å²) in [6.07, 6.45) is 19.6. The Morgan fingerprint density at radius 2 is 1.10 bits per heavy atom. The van der Waals surface area contributed by atoms with E-state index in [1.54, 1.807) is 38.4 Å². The second-order valence-corrected chi connectivity index (χ2v) is 26.8. The van der Waals surface area contributed by atoms with Crippen LogP contribution in [0.25, 0.3) is 0 Å². The molecule has 0 amide bonds. The number of cyclic esters (lactones) is 2. The molecule has 1 unspecified atom stereocenters. The highest BCUT2D eigenvalue weighted by Gasteiger charge is 2.71. The van der Waals surface area contributed by atoms with Crippen LogP contribution in [0.1, 0.15) is 81.1 Å². The van der Waals surface area contributed by atoms with E-state index in [1.165, 1.54) is 14.2 Å². The second-order valence-electron chi connectivity index (χ2n) is 24.8. The number of rotatable bonds is 11. The lowest BCUT2D eigenvalue weighted by Crippen LogP contribution is -2.57. The molecule has 4 fully saturated rings. The van der Waals surface area contributed by atoms with E-state index in [2.05, 4.69) is 64.9 Å². The van der Waals surface area contributed by atoms with Gasteiger partial charge in [0.25, 0.3) is 0 Å². The first kappa shape index (κ1) is 70.1. The number of aliphatic hydroxyl groups excluding tert-OH is 3. The molecule has 11 rings (SSSR count). The lowest BCUT2D eigenvalue weighted by molar-refractivity contribution is -0.178. The summed E-state index contributed by atoms with van der Waals surface area (Å²) in [6, 6.07) is 5.72. The average Bonchev–Trinajstić information content (AvgIpc) is 1.61. The molecule has 22 heteroatoms. The summed E-state index contributed by atoms with van der Waals surface area (Å²) >= 11 is 8.72. The number of carbonyl (C=O) groups is 6. The molecule has 1 aromatic rings. The van der Waals surface area contributed by atoms with Gasteiger partial charge in [-0.1, -0.05) is 139 Å². The highest BCUT2D eigenvalue weighted by molar-refractivity contribution is 9.19. The molecule has 1 aromatic heterocycles. The number of methoxy groups -OCH3 is 2. The van der Waals surface area contributed by atoms with Crippen LogP contribution < -0.4 is 0 Å². The molecule has 19 nitrogen and oxygen atoms in total. The molecule has 2 saturated heterocycles. The van der Waals surface area contributed by atoms with E-state index in [0.717, 1.165) is 11.1 Å². The molecule has 2 saturated carbocycles. The molecule has 2 spiro atoms. The zero-order chi connectivity index (χ0) is 64.8. The molecule has 0 radical (unpaired) electrons. The van der Waals surface area contributed by atoms with Gasteiger partial charge in [0.05, 0.1) is 23.6 Å². The van der Waals surface area contributed by atoms with Crippen LogP contribution in [0.5, 0.6) is 0 Å². The first-order valence-corrected chi connectivity index (χ1v) is 33.5. The fourth-order valence-corrected chi connectivity index (χ4v) is 15.3. The summed E-state index contributed by atoms with van der Waals surface area (Å²) in [5.41, 5.74) is 1.08. The van der Waals surface area contributed by atoms with E-state index < -0.39 is 108 Å². The lowest BCUT2D eigenvalue weighted by Gasteiger charge is -2.49. The van der Waals surface area contributed by atoms with Crippen molar-refractivity contribution in [3.8, 4) is 0 Å². The minimum absolute atomic E-state index is 0.0162. The molecule has 4 aliphatic heterocycles. The number of nitrogens with zero attached hydrogens (tertiary/aromatic N) is 1. The van der Waals surface area contributed by atoms with Crippen LogP contribution in [-0.4, -0.2) is 164 Å². The summed E-state index contributed by atoms with van der Waals surface area (Å²) < 4.78 is 54.4. The fraction of sp³-hybridized carbons (Fsp3) is 0.597. The maximum Gasteiger partial charge on any atom is 0.335 e. The van der Waals surface area contributed by atoms with Gasteiger partial charge in [0.15, 0.2) is 12.2 Å². The van der Waals surface area contributed by atoms with Crippen LogP contribution in [0.15, 0.2) is 126 Å². The molecular formula is C67H84Br3NO18. The minimum Gasteiger partial charge on any atom is -0.458 e. The van der Waals surface area contributed by atoms with Crippen molar-refractivity contribution < 1.29 is 86.7 Å². The number of ether oxygens (including phenoxy) is 9. The van der Waals surface area contributed by atoms with E-state index in [4.69, 9.17) is 42.6 Å². The molecule has 89 heavy (non-hydrogen) atoms. The summed E-state index contributed by atoms with van der Waals surface area (Å²) in [7, 11) is 2.93. The maximum atomic E-state index is 13.4. The Hall–Kier alpha value is -4.75. The number of allylic oxidation sites excluding steroid dienone is 6. The van der Waals surface area contributed by atoms with Crippen molar-refractivity contribution in [1.82, 2.24) is 4.98 Å². The molecule has 486 valence electrons. The third kappa shape index (κ3) is 14.4. The predicted molar refractivity (Wildman–Crippen MR) is 338 cm³/mol. The van der Waals surface area contributed by atoms with Crippen LogP contribution >= 0.6 is 47.8 Å². The maximum absolute atomic E-state index is 13.4. The number of hydrogen-bond acceptors (Lipinski definition) is 19. The zero-order valence-electron chi connectivity index (χ0n) is 51.8. The van der Waals surface area contributed by atoms with Gasteiger partial charge in [-0.05, 0) is 92.6 Å². The number of pyridine rings is 1. The Bertz CT molecular complexity index is 2970.